The van der Waals surface area contributed by atoms with Crippen LogP contribution in [-0.2, 0) is 14.3 Å². The molecule has 1 aromatic carbocycles. The van der Waals surface area contributed by atoms with E-state index in [1.807, 2.05) is 17.5 Å². The number of halogens is 1. The molecule has 0 saturated heterocycles. The van der Waals surface area contributed by atoms with E-state index in [0.29, 0.717) is 10.8 Å². The molecular weight excluding hydrogens is 380 g/mol. The van der Waals surface area contributed by atoms with Crippen LogP contribution in [0.2, 0.25) is 5.02 Å². The lowest BCUT2D eigenvalue weighted by molar-refractivity contribution is -0.144. The van der Waals surface area contributed by atoms with Crippen LogP contribution in [0.15, 0.2) is 41.8 Å². The Morgan fingerprint density at radius 2 is 2.04 bits per heavy atom. The molecule has 0 spiro atoms. The molecule has 0 fully saturated rings. The lowest BCUT2D eigenvalue weighted by atomic mass is 10.2. The zero-order valence-electron chi connectivity index (χ0n) is 13.7. The van der Waals surface area contributed by atoms with Gasteiger partial charge in [0.25, 0.3) is 11.8 Å². The zero-order chi connectivity index (χ0) is 18.9. The molecule has 0 aliphatic carbocycles. The minimum atomic E-state index is -0.697. The molecule has 0 radical (unpaired) electrons. The van der Waals surface area contributed by atoms with Crippen LogP contribution in [-0.4, -0.2) is 31.5 Å². The highest BCUT2D eigenvalue weighted by Gasteiger charge is 2.14. The summed E-state index contributed by atoms with van der Waals surface area (Å²) in [4.78, 5) is 36.1. The van der Waals surface area contributed by atoms with Crippen molar-refractivity contribution in [3.8, 4) is 5.75 Å². The molecule has 0 aliphatic rings. The van der Waals surface area contributed by atoms with E-state index in [1.165, 1.54) is 36.7 Å². The fourth-order valence-corrected chi connectivity index (χ4v) is 2.60. The predicted octanol–water partition coefficient (Wildman–Crippen LogP) is 2.43. The van der Waals surface area contributed by atoms with Gasteiger partial charge < -0.3 is 9.47 Å². The fourth-order valence-electron chi connectivity index (χ4n) is 1.81. The number of amides is 2. The quantitative estimate of drug-likeness (QED) is 0.446. The molecule has 0 aliphatic heterocycles. The van der Waals surface area contributed by atoms with Gasteiger partial charge in [0.05, 0.1) is 12.7 Å². The number of nitrogens with one attached hydrogen (secondary N) is 2. The topological polar surface area (TPSA) is 93.7 Å². The Labute approximate surface area is 158 Å². The lowest BCUT2D eigenvalue weighted by Gasteiger charge is -2.10. The standard InChI is InChI=1S/C17H15ClN2O5S/c1-24-14-6-4-11(18)9-13(14)17(23)20-19-15(21)10-25-16(22)7-5-12-3-2-8-26-12/h2-9H,10H2,1H3,(H,19,21)(H,20,23). The summed E-state index contributed by atoms with van der Waals surface area (Å²) in [7, 11) is 1.40. The second kappa shape index (κ2) is 9.59. The van der Waals surface area contributed by atoms with Gasteiger partial charge in [-0.1, -0.05) is 17.7 Å². The van der Waals surface area contributed by atoms with Crippen molar-refractivity contribution in [3.63, 3.8) is 0 Å². The lowest BCUT2D eigenvalue weighted by Crippen LogP contribution is -2.43. The molecular formula is C17H15ClN2O5S. The fraction of sp³-hybridized carbons (Fsp3) is 0.118. The Balaban J connectivity index is 1.79. The molecule has 0 saturated carbocycles. The average molecular weight is 395 g/mol. The van der Waals surface area contributed by atoms with Gasteiger partial charge >= 0.3 is 5.97 Å². The molecule has 0 atom stereocenters. The number of hydrogen-bond acceptors (Lipinski definition) is 6. The minimum absolute atomic E-state index is 0.149. The van der Waals surface area contributed by atoms with Crippen molar-refractivity contribution in [2.75, 3.05) is 13.7 Å². The first-order valence-corrected chi connectivity index (χ1v) is 8.56. The molecule has 0 bridgehead atoms. The van der Waals surface area contributed by atoms with Crippen LogP contribution in [0.25, 0.3) is 6.08 Å². The number of methoxy groups -OCH3 is 1. The second-order valence-corrected chi connectivity index (χ2v) is 6.22. The van der Waals surface area contributed by atoms with Gasteiger partial charge in [-0.3, -0.25) is 20.4 Å². The van der Waals surface area contributed by atoms with E-state index in [1.54, 1.807) is 12.1 Å². The van der Waals surface area contributed by atoms with Gasteiger partial charge in [0.15, 0.2) is 6.61 Å². The summed E-state index contributed by atoms with van der Waals surface area (Å²) in [6.45, 7) is -0.541. The van der Waals surface area contributed by atoms with Crippen LogP contribution in [0, 0.1) is 0 Å². The SMILES string of the molecule is COc1ccc(Cl)cc1C(=O)NNC(=O)COC(=O)C=Cc1cccs1. The Morgan fingerprint density at radius 3 is 2.73 bits per heavy atom. The van der Waals surface area contributed by atoms with E-state index >= 15 is 0 Å². The summed E-state index contributed by atoms with van der Waals surface area (Å²) < 4.78 is 9.83. The van der Waals surface area contributed by atoms with Gasteiger partial charge in [0, 0.05) is 16.0 Å². The Kier molecular flexibility index (Phi) is 7.19. The maximum atomic E-state index is 12.1. The molecule has 1 aromatic heterocycles. The van der Waals surface area contributed by atoms with E-state index in [-0.39, 0.29) is 5.56 Å². The Bertz CT molecular complexity index is 821. The first-order valence-electron chi connectivity index (χ1n) is 7.30. The minimum Gasteiger partial charge on any atom is -0.496 e. The first kappa shape index (κ1) is 19.5. The largest absolute Gasteiger partial charge is 0.496 e. The van der Waals surface area contributed by atoms with Crippen LogP contribution >= 0.6 is 22.9 Å². The number of benzene rings is 1. The van der Waals surface area contributed by atoms with Gasteiger partial charge in [-0.15, -0.1) is 11.3 Å². The van der Waals surface area contributed by atoms with Crippen molar-refractivity contribution < 1.29 is 23.9 Å². The summed E-state index contributed by atoms with van der Waals surface area (Å²) in [5, 5.41) is 2.21. The summed E-state index contributed by atoms with van der Waals surface area (Å²) in [5.41, 5.74) is 4.48. The summed E-state index contributed by atoms with van der Waals surface area (Å²) in [6.07, 6.45) is 2.80. The van der Waals surface area contributed by atoms with Gasteiger partial charge in [0.2, 0.25) is 0 Å². The summed E-state index contributed by atoms with van der Waals surface area (Å²) in [5.74, 6) is -1.69. The normalized spacial score (nSPS) is 10.4. The summed E-state index contributed by atoms with van der Waals surface area (Å²) >= 11 is 7.31. The van der Waals surface area contributed by atoms with Crippen LogP contribution in [0.4, 0.5) is 0 Å². The second-order valence-electron chi connectivity index (χ2n) is 4.80. The van der Waals surface area contributed by atoms with Crippen molar-refractivity contribution in [1.82, 2.24) is 10.9 Å². The van der Waals surface area contributed by atoms with Crippen molar-refractivity contribution >= 4 is 46.8 Å². The molecule has 2 rings (SSSR count). The zero-order valence-corrected chi connectivity index (χ0v) is 15.2. The van der Waals surface area contributed by atoms with Gasteiger partial charge in [-0.25, -0.2) is 4.79 Å². The van der Waals surface area contributed by atoms with E-state index in [2.05, 4.69) is 10.9 Å². The number of hydrogen-bond donors (Lipinski definition) is 2. The monoisotopic (exact) mass is 394 g/mol. The van der Waals surface area contributed by atoms with Gasteiger partial charge in [-0.2, -0.15) is 0 Å². The molecule has 2 N–H and O–H groups in total. The number of rotatable bonds is 6. The Morgan fingerprint density at radius 1 is 1.23 bits per heavy atom. The predicted molar refractivity (Wildman–Crippen MR) is 97.9 cm³/mol. The number of carbonyl (C=O) groups is 3. The number of carbonyl (C=O) groups excluding carboxylic acids is 3. The van der Waals surface area contributed by atoms with Crippen LogP contribution in [0.5, 0.6) is 5.75 Å². The number of hydrazine groups is 1. The number of ether oxygens (including phenoxy) is 2. The third-order valence-electron chi connectivity index (χ3n) is 2.99. The number of esters is 1. The van der Waals surface area contributed by atoms with E-state index in [0.717, 1.165) is 4.88 Å². The molecule has 0 unspecified atom stereocenters. The third-order valence-corrected chi connectivity index (χ3v) is 4.07. The van der Waals surface area contributed by atoms with E-state index in [4.69, 9.17) is 21.1 Å². The van der Waals surface area contributed by atoms with Crippen molar-refractivity contribution in [3.05, 3.63) is 57.3 Å². The molecule has 7 nitrogen and oxygen atoms in total. The first-order chi connectivity index (χ1) is 12.5. The van der Waals surface area contributed by atoms with Crippen LogP contribution in [0.1, 0.15) is 15.2 Å². The maximum Gasteiger partial charge on any atom is 0.331 e. The molecule has 2 amide bonds. The molecule has 26 heavy (non-hydrogen) atoms. The highest BCUT2D eigenvalue weighted by atomic mass is 35.5. The van der Waals surface area contributed by atoms with Crippen molar-refractivity contribution in [2.45, 2.75) is 0 Å². The Hall–Kier alpha value is -2.84. The summed E-state index contributed by atoms with van der Waals surface area (Å²) in [6, 6.07) is 8.18. The molecule has 136 valence electrons. The highest BCUT2D eigenvalue weighted by Crippen LogP contribution is 2.22. The van der Waals surface area contributed by atoms with Crippen LogP contribution in [0.3, 0.4) is 0 Å². The van der Waals surface area contributed by atoms with Crippen LogP contribution < -0.4 is 15.6 Å². The van der Waals surface area contributed by atoms with Gasteiger partial charge in [-0.05, 0) is 35.7 Å². The smallest absolute Gasteiger partial charge is 0.331 e. The third kappa shape index (κ3) is 5.91. The van der Waals surface area contributed by atoms with E-state index in [9.17, 15) is 14.4 Å². The number of thiophene rings is 1. The van der Waals surface area contributed by atoms with E-state index < -0.39 is 24.4 Å². The average Bonchev–Trinajstić information content (AvgIpc) is 3.16. The van der Waals surface area contributed by atoms with Crippen molar-refractivity contribution in [1.29, 1.82) is 0 Å². The van der Waals surface area contributed by atoms with Gasteiger partial charge in [0.1, 0.15) is 5.75 Å². The highest BCUT2D eigenvalue weighted by molar-refractivity contribution is 7.10. The maximum absolute atomic E-state index is 12.1. The molecule has 9 heteroatoms. The molecule has 1 heterocycles. The molecule has 2 aromatic rings. The van der Waals surface area contributed by atoms with Crippen molar-refractivity contribution in [2.24, 2.45) is 0 Å².